The van der Waals surface area contributed by atoms with Crippen molar-refractivity contribution in [2.45, 2.75) is 246 Å². The van der Waals surface area contributed by atoms with Crippen molar-refractivity contribution in [3.8, 4) is 0 Å². The Balaban J connectivity index is -0.000000180. The van der Waals surface area contributed by atoms with Gasteiger partial charge in [-0.05, 0) is 45.3 Å². The molecule has 4 N–H and O–H groups in total. The van der Waals surface area contributed by atoms with Crippen LogP contribution >= 0.6 is 0 Å². The molecule has 0 saturated carbocycles. The first kappa shape index (κ1) is 59.5. The zero-order chi connectivity index (χ0) is 41.2. The molecule has 0 aliphatic heterocycles. The minimum Gasteiger partial charge on any atom is -0.430 e. The van der Waals surface area contributed by atoms with Gasteiger partial charge < -0.3 is 26.4 Å². The van der Waals surface area contributed by atoms with Gasteiger partial charge in [0.1, 0.15) is 0 Å². The Bertz CT molecular complexity index is 715. The molecule has 0 unspecified atom stereocenters. The third-order valence-electron chi connectivity index (χ3n) is 10.2. The van der Waals surface area contributed by atoms with Crippen LogP contribution in [0.2, 0.25) is 45.3 Å². The Kier molecular flexibility index (Phi) is 21.6. The van der Waals surface area contributed by atoms with E-state index in [9.17, 15) is 14.4 Å². The van der Waals surface area contributed by atoms with E-state index in [1.807, 2.05) is 13.8 Å². The molecule has 301 valence electrons. The van der Waals surface area contributed by atoms with E-state index in [-0.39, 0.29) is 79.7 Å². The molecule has 0 amide bonds. The van der Waals surface area contributed by atoms with E-state index < -0.39 is 25.0 Å². The molecule has 0 aromatic heterocycles. The Labute approximate surface area is 330 Å². The van der Waals surface area contributed by atoms with Gasteiger partial charge >= 0.3 is 0 Å². The zero-order valence-electron chi connectivity index (χ0n) is 39.2. The molecular formula is C41H95O4Si3Ta-. The maximum absolute atomic E-state index is 11.2. The van der Waals surface area contributed by atoms with E-state index >= 15 is 0 Å². The van der Waals surface area contributed by atoms with Gasteiger partial charge in [0.2, 0.25) is 25.0 Å². The molecule has 4 nitrogen and oxygen atoms in total. The minimum absolute atomic E-state index is 0. The van der Waals surface area contributed by atoms with Crippen molar-refractivity contribution in [3.05, 3.63) is 6.92 Å². The molecule has 0 heterocycles. The van der Waals surface area contributed by atoms with E-state index in [0.717, 1.165) is 0 Å². The third kappa shape index (κ3) is 15.1. The van der Waals surface area contributed by atoms with E-state index in [0.29, 0.717) is 0 Å². The molecule has 0 saturated heterocycles. The topological polar surface area (TPSA) is 80.9 Å². The van der Waals surface area contributed by atoms with Gasteiger partial charge in [-0.15, -0.1) is 5.41 Å². The van der Waals surface area contributed by atoms with E-state index in [1.165, 1.54) is 0 Å². The molecule has 0 atom stereocenters. The van der Waals surface area contributed by atoms with E-state index in [1.54, 1.807) is 0 Å². The Morgan fingerprint density at radius 1 is 0.306 bits per heavy atom. The van der Waals surface area contributed by atoms with Gasteiger partial charge in [0.05, 0.1) is 0 Å². The Morgan fingerprint density at radius 3 is 0.367 bits per heavy atom. The standard InChI is InChI=1S/3C12H28OSi.C5H11O.Ta/c3*1-10(2,3)14(13,11(4,5)6)12(7,8)9;1-5(2,3)4-6;/h3*13H,1-9H3;6H,1,4H2,2-3H3;/q;;;-1;. The van der Waals surface area contributed by atoms with Gasteiger partial charge in [-0.25, -0.2) is 0 Å². The van der Waals surface area contributed by atoms with Crippen molar-refractivity contribution >= 4 is 25.0 Å². The number of aliphatic hydroxyl groups excluding tert-OH is 1. The Hall–Kier alpha value is 1.23. The van der Waals surface area contributed by atoms with Gasteiger partial charge in [-0.3, -0.25) is 0 Å². The van der Waals surface area contributed by atoms with Gasteiger partial charge in [-0.1, -0.05) is 201 Å². The smallest absolute Gasteiger partial charge is 0.204 e. The van der Waals surface area contributed by atoms with Crippen molar-refractivity contribution < 1.29 is 41.9 Å². The monoisotopic (exact) mass is 917 g/mol. The first-order valence-corrected chi connectivity index (χ1v) is 24.3. The summed E-state index contributed by atoms with van der Waals surface area (Å²) in [6.07, 6.45) is 0. The van der Waals surface area contributed by atoms with Crippen LogP contribution in [-0.4, -0.2) is 51.1 Å². The summed E-state index contributed by atoms with van der Waals surface area (Å²) in [5, 5.41) is 8.50. The van der Waals surface area contributed by atoms with Gasteiger partial charge in [0.25, 0.3) is 0 Å². The second-order valence-corrected chi connectivity index (χ2v) is 42.5. The van der Waals surface area contributed by atoms with Crippen LogP contribution in [0.1, 0.15) is 201 Å². The number of aliphatic hydroxyl groups is 1. The summed E-state index contributed by atoms with van der Waals surface area (Å²) in [5.74, 6) is 0. The molecule has 0 spiro atoms. The minimum atomic E-state index is -2.35. The average molecular weight is 917 g/mol. The second-order valence-electron chi connectivity index (χ2n) is 24.7. The first-order chi connectivity index (χ1) is 19.8. The van der Waals surface area contributed by atoms with Crippen molar-refractivity contribution in [1.29, 1.82) is 0 Å². The molecule has 0 aromatic carbocycles. The third-order valence-corrected chi connectivity index (χ3v) is 29.7. The van der Waals surface area contributed by atoms with Crippen LogP contribution in [-0.2, 0) is 22.4 Å². The summed E-state index contributed by atoms with van der Waals surface area (Å²) in [7, 11) is -7.06. The van der Waals surface area contributed by atoms with E-state index in [2.05, 4.69) is 194 Å². The Morgan fingerprint density at radius 2 is 0.367 bits per heavy atom. The van der Waals surface area contributed by atoms with Gasteiger partial charge in [0, 0.05) is 29.0 Å². The van der Waals surface area contributed by atoms with Crippen molar-refractivity contribution in [2.24, 2.45) is 5.41 Å². The molecule has 0 aliphatic carbocycles. The van der Waals surface area contributed by atoms with Gasteiger partial charge in [0.15, 0.2) is 0 Å². The van der Waals surface area contributed by atoms with Crippen molar-refractivity contribution in [2.75, 3.05) is 6.61 Å². The fourth-order valence-corrected chi connectivity index (χ4v) is 30.4. The largest absolute Gasteiger partial charge is 0.430 e. The summed E-state index contributed by atoms with van der Waals surface area (Å²) < 4.78 is 0. The number of rotatable bonds is 1. The predicted octanol–water partition coefficient (Wildman–Crippen LogP) is 13.8. The van der Waals surface area contributed by atoms with Crippen LogP contribution in [0.5, 0.6) is 0 Å². The molecule has 0 aromatic rings. The van der Waals surface area contributed by atoms with E-state index in [4.69, 9.17) is 5.11 Å². The van der Waals surface area contributed by atoms with Crippen molar-refractivity contribution in [3.63, 3.8) is 0 Å². The summed E-state index contributed by atoms with van der Waals surface area (Å²) in [6.45, 7) is 66.3. The maximum Gasteiger partial charge on any atom is 0.204 e. The van der Waals surface area contributed by atoms with Crippen LogP contribution < -0.4 is 0 Å². The molecule has 49 heavy (non-hydrogen) atoms. The van der Waals surface area contributed by atoms with Crippen LogP contribution in [0.15, 0.2) is 0 Å². The predicted molar refractivity (Wildman–Crippen MR) is 228 cm³/mol. The molecular weight excluding hydrogens is 822 g/mol. The SMILES string of the molecule is CC(C)(C)[Si](O)(C(C)(C)C)C(C)(C)C.CC(C)(C)[Si](O)(C(C)(C)C)C(C)(C)C.CC(C)(C)[Si](O)(C(C)(C)C)C(C)(C)C.[CH2-]C(C)(C)CO.[Ta]. The second kappa shape index (κ2) is 17.8. The molecule has 0 fully saturated rings. The summed E-state index contributed by atoms with van der Waals surface area (Å²) in [5.41, 5.74) is -0.153. The maximum atomic E-state index is 11.2. The fraction of sp³-hybridized carbons (Fsp3) is 0.976. The van der Waals surface area contributed by atoms with Crippen molar-refractivity contribution in [1.82, 2.24) is 0 Å². The van der Waals surface area contributed by atoms with Gasteiger partial charge in [-0.2, -0.15) is 0 Å². The normalized spacial score (nSPS) is 15.1. The first-order valence-electron chi connectivity index (χ1n) is 18.4. The number of hydrogen-bond acceptors (Lipinski definition) is 4. The fourth-order valence-electron chi connectivity index (χ4n) is 10.1. The average Bonchev–Trinajstić information content (AvgIpc) is 2.71. The van der Waals surface area contributed by atoms with Crippen LogP contribution in [0, 0.1) is 12.3 Å². The quantitative estimate of drug-likeness (QED) is 0.156. The molecule has 0 rings (SSSR count). The molecule has 0 aliphatic rings. The summed E-state index contributed by atoms with van der Waals surface area (Å²) >= 11 is 0. The summed E-state index contributed by atoms with van der Waals surface area (Å²) in [6, 6.07) is 0. The zero-order valence-corrected chi connectivity index (χ0v) is 45.4. The summed E-state index contributed by atoms with van der Waals surface area (Å²) in [4.78, 5) is 33.5. The number of hydrogen-bond donors (Lipinski definition) is 4. The molecule has 1 radical (unpaired) electrons. The van der Waals surface area contributed by atoms with Crippen LogP contribution in [0.25, 0.3) is 0 Å². The molecule has 0 bridgehead atoms. The van der Waals surface area contributed by atoms with Crippen LogP contribution in [0.4, 0.5) is 0 Å². The molecule has 8 heteroatoms. The van der Waals surface area contributed by atoms with Crippen LogP contribution in [0.3, 0.4) is 0 Å².